The summed E-state index contributed by atoms with van der Waals surface area (Å²) < 4.78 is 70.6. The first-order chi connectivity index (χ1) is 45.3. The van der Waals surface area contributed by atoms with Gasteiger partial charge in [0.2, 0.25) is 29.6 Å². The second-order valence-corrected chi connectivity index (χ2v) is 26.1. The van der Waals surface area contributed by atoms with Gasteiger partial charge < -0.3 is 44.5 Å². The minimum Gasteiger partial charge on any atom is -0.497 e. The summed E-state index contributed by atoms with van der Waals surface area (Å²) in [6, 6.07) is 27.4. The molecule has 4 aromatic carbocycles. The molecule has 24 nitrogen and oxygen atoms in total. The molecule has 95 heavy (non-hydrogen) atoms. The van der Waals surface area contributed by atoms with E-state index in [2.05, 4.69) is 41.2 Å². The van der Waals surface area contributed by atoms with Gasteiger partial charge in [-0.05, 0) is 98.8 Å². The van der Waals surface area contributed by atoms with E-state index in [1.807, 2.05) is 92.7 Å². The molecule has 508 valence electrons. The minimum atomic E-state index is -5.37. The number of methoxy groups -OCH3 is 3. The van der Waals surface area contributed by atoms with Crippen LogP contribution in [0.5, 0.6) is 11.5 Å². The highest BCUT2D eigenvalue weighted by molar-refractivity contribution is 8.77. The number of aromatic nitrogens is 4. The van der Waals surface area contributed by atoms with Gasteiger partial charge in [0, 0.05) is 66.4 Å². The second kappa shape index (κ2) is 33.8. The average Bonchev–Trinajstić information content (AvgIpc) is 1.05. The Hall–Kier alpha value is -9.09. The van der Waals surface area contributed by atoms with Crippen LogP contribution in [0.25, 0.3) is 11.2 Å². The Morgan fingerprint density at radius 2 is 1.42 bits per heavy atom. The quantitative estimate of drug-likeness (QED) is 0.0116. The number of nitrogens with one attached hydrogen (secondary N) is 5. The largest absolute Gasteiger partial charge is 0.497 e. The van der Waals surface area contributed by atoms with Gasteiger partial charge in [-0.25, -0.2) is 14.8 Å². The molecule has 0 aliphatic carbocycles. The standard InChI is InChI=1S/C66H77F3N10O14S2/c1-9-70-52(80)29-30-55(83)93-50-35-47(39-92-65(42-13-11-10-12-14-42,43-17-23-48(89-6)24-18-43)44-19-25-49(90-7)26-20-44)78(38-50)54(82)31-32-64(4,5)95-94-34-33-71-53(81)28-27-51(61(87)91-8)74-59(85)41-15-21-46(22-16-41)79(62(88)66(67,68)69)37-45-36-72-57-56(73-45)60(86)77-63(75-57)76-58(84)40(2)3/h10-26,36,40,47,50-51H,9,27-35,37-39H2,1-8H3,(H,70,80)(H,71,81)(H,74,85)(H2,72,75,76,77,84,86)/t47-,50+,51-/m0/s1. The van der Waals surface area contributed by atoms with Gasteiger partial charge in [-0.3, -0.25) is 53.6 Å². The van der Waals surface area contributed by atoms with E-state index in [1.54, 1.807) is 39.9 Å². The van der Waals surface area contributed by atoms with E-state index in [1.165, 1.54) is 21.6 Å². The minimum absolute atomic E-state index is 0.0339. The fourth-order valence-electron chi connectivity index (χ4n) is 10.2. The molecule has 0 saturated carbocycles. The van der Waals surface area contributed by atoms with Crippen LogP contribution in [-0.4, -0.2) is 155 Å². The number of alkyl halides is 3. The number of anilines is 2. The lowest BCUT2D eigenvalue weighted by Gasteiger charge is -2.38. The molecule has 29 heteroatoms. The van der Waals surface area contributed by atoms with Crippen LogP contribution in [0.2, 0.25) is 0 Å². The monoisotopic (exact) mass is 1350 g/mol. The van der Waals surface area contributed by atoms with Gasteiger partial charge >= 0.3 is 24.0 Å². The van der Waals surface area contributed by atoms with E-state index in [0.717, 1.165) is 54.3 Å². The highest BCUT2D eigenvalue weighted by Crippen LogP contribution is 2.43. The molecule has 0 unspecified atom stereocenters. The average molecular weight is 1360 g/mol. The number of fused-ring (bicyclic) bond motifs is 1. The summed E-state index contributed by atoms with van der Waals surface area (Å²) in [7, 11) is 7.27. The fourth-order valence-corrected chi connectivity index (χ4v) is 12.7. The molecule has 0 spiro atoms. The SMILES string of the molecule is CCNC(=O)CCC(=O)O[C@@H]1C[C@@H](COC(c2ccccc2)(c2ccc(OC)cc2)c2ccc(OC)cc2)N(C(=O)CCC(C)(C)SSCCNC(=O)CC[C@H](NC(=O)c2ccc(N(Cc3cnc4nc(NC(=O)C(C)C)[nH]c(=O)c4n3)C(=O)C(F)(F)F)cc2)C(=O)OC)C1. The van der Waals surface area contributed by atoms with E-state index in [-0.39, 0.29) is 104 Å². The normalized spacial score (nSPS) is 14.3. The predicted octanol–water partition coefficient (Wildman–Crippen LogP) is 7.97. The lowest BCUT2D eigenvalue weighted by atomic mass is 9.80. The maximum absolute atomic E-state index is 14.5. The van der Waals surface area contributed by atoms with Crippen LogP contribution in [0, 0.1) is 5.92 Å². The van der Waals surface area contributed by atoms with Gasteiger partial charge in [0.05, 0.1) is 65.4 Å². The predicted molar refractivity (Wildman–Crippen MR) is 350 cm³/mol. The molecule has 0 radical (unpaired) electrons. The topological polar surface area (TPSA) is 309 Å². The van der Waals surface area contributed by atoms with E-state index < -0.39 is 88.3 Å². The number of rotatable bonds is 32. The summed E-state index contributed by atoms with van der Waals surface area (Å²) in [5.74, 6) is -4.87. The lowest BCUT2D eigenvalue weighted by molar-refractivity contribution is -0.170. The third-order valence-electron chi connectivity index (χ3n) is 15.3. The highest BCUT2D eigenvalue weighted by Gasteiger charge is 2.45. The van der Waals surface area contributed by atoms with Crippen LogP contribution in [0.3, 0.4) is 0 Å². The summed E-state index contributed by atoms with van der Waals surface area (Å²) in [6.07, 6.45) is -4.77. The van der Waals surface area contributed by atoms with Crippen molar-refractivity contribution < 1.29 is 75.2 Å². The summed E-state index contributed by atoms with van der Waals surface area (Å²) in [5, 5.41) is 10.4. The Morgan fingerprint density at radius 3 is 2.02 bits per heavy atom. The molecule has 6 amide bonds. The number of halogens is 3. The Labute approximate surface area is 554 Å². The fraction of sp³-hybridized carbons (Fsp3) is 0.424. The molecule has 1 saturated heterocycles. The van der Waals surface area contributed by atoms with Crippen molar-refractivity contribution in [1.82, 2.24) is 40.8 Å². The number of hydrogen-bond donors (Lipinski definition) is 5. The second-order valence-electron chi connectivity index (χ2n) is 22.9. The molecule has 1 aliphatic heterocycles. The van der Waals surface area contributed by atoms with E-state index >= 15 is 0 Å². The van der Waals surface area contributed by atoms with Crippen LogP contribution < -0.4 is 41.2 Å². The number of aromatic amines is 1. The van der Waals surface area contributed by atoms with Crippen molar-refractivity contribution in [3.8, 4) is 11.5 Å². The van der Waals surface area contributed by atoms with Crippen LogP contribution in [0.1, 0.15) is 112 Å². The Balaban J connectivity index is 0.931. The number of benzene rings is 4. The molecule has 6 aromatic rings. The smallest absolute Gasteiger partial charge is 0.471 e. The van der Waals surface area contributed by atoms with Crippen LogP contribution in [-0.2, 0) is 59.9 Å². The molecular formula is C66H77F3N10O14S2. The molecule has 1 aliphatic rings. The van der Waals surface area contributed by atoms with Crippen LogP contribution in [0.15, 0.2) is 114 Å². The number of esters is 2. The Morgan fingerprint density at radius 1 is 0.789 bits per heavy atom. The van der Waals surface area contributed by atoms with Crippen molar-refractivity contribution in [2.24, 2.45) is 5.92 Å². The van der Waals surface area contributed by atoms with Gasteiger partial charge in [0.1, 0.15) is 29.2 Å². The zero-order valence-electron chi connectivity index (χ0n) is 53.8. The number of hydrogen-bond acceptors (Lipinski definition) is 19. The zero-order valence-corrected chi connectivity index (χ0v) is 55.4. The van der Waals surface area contributed by atoms with Crippen LogP contribution >= 0.6 is 21.6 Å². The maximum Gasteiger partial charge on any atom is 0.471 e. The molecular weight excluding hydrogens is 1280 g/mol. The first-order valence-electron chi connectivity index (χ1n) is 30.5. The molecule has 3 heterocycles. The van der Waals surface area contributed by atoms with Crippen molar-refractivity contribution in [2.45, 2.75) is 121 Å². The zero-order chi connectivity index (χ0) is 69.0. The van der Waals surface area contributed by atoms with Crippen molar-refractivity contribution in [3.63, 3.8) is 0 Å². The molecule has 2 aromatic heterocycles. The number of carbonyl (C=O) groups is 8. The first-order valence-corrected chi connectivity index (χ1v) is 32.9. The Bertz CT molecular complexity index is 3670. The van der Waals surface area contributed by atoms with E-state index in [0.29, 0.717) is 35.1 Å². The Kier molecular flexibility index (Phi) is 26.1. The molecule has 5 N–H and O–H groups in total. The van der Waals surface area contributed by atoms with Crippen molar-refractivity contribution in [1.29, 1.82) is 0 Å². The van der Waals surface area contributed by atoms with Gasteiger partial charge in [0.25, 0.3) is 11.5 Å². The van der Waals surface area contributed by atoms with E-state index in [9.17, 15) is 56.3 Å². The van der Waals surface area contributed by atoms with E-state index in [4.69, 9.17) is 23.7 Å². The van der Waals surface area contributed by atoms with Gasteiger partial charge in [0.15, 0.2) is 11.2 Å². The number of carbonyl (C=O) groups excluding carboxylic acids is 8. The van der Waals surface area contributed by atoms with Crippen LogP contribution in [0.4, 0.5) is 24.8 Å². The molecule has 7 rings (SSSR count). The summed E-state index contributed by atoms with van der Waals surface area (Å²) in [6.45, 7) is 8.97. The number of nitrogens with zero attached hydrogens (tertiary/aromatic N) is 5. The third kappa shape index (κ3) is 20.2. The van der Waals surface area contributed by atoms with Gasteiger partial charge in [-0.1, -0.05) is 90.0 Å². The number of amides is 6. The van der Waals surface area contributed by atoms with Crippen molar-refractivity contribution in [3.05, 3.63) is 148 Å². The molecule has 0 bridgehead atoms. The highest BCUT2D eigenvalue weighted by atomic mass is 33.1. The first kappa shape index (κ1) is 73.3. The number of H-pyrrole nitrogens is 1. The molecule has 3 atom stereocenters. The third-order valence-corrected chi connectivity index (χ3v) is 18.6. The van der Waals surface area contributed by atoms with Crippen molar-refractivity contribution in [2.75, 3.05) is 63.5 Å². The summed E-state index contributed by atoms with van der Waals surface area (Å²) >= 11 is 0. The van der Waals surface area contributed by atoms with Crippen molar-refractivity contribution >= 4 is 91.8 Å². The summed E-state index contributed by atoms with van der Waals surface area (Å²) in [5.41, 5.74) is -0.958. The summed E-state index contributed by atoms with van der Waals surface area (Å²) in [4.78, 5) is 134. The number of ether oxygens (including phenoxy) is 5. The lowest BCUT2D eigenvalue weighted by Crippen LogP contribution is -2.42. The molecule has 1 fully saturated rings. The van der Waals surface area contributed by atoms with Gasteiger partial charge in [-0.15, -0.1) is 0 Å². The van der Waals surface area contributed by atoms with Gasteiger partial charge in [-0.2, -0.15) is 18.2 Å². The number of likely N-dealkylation sites (tertiary alicyclic amines) is 1. The maximum atomic E-state index is 14.5.